The molecule has 2 rings (SSSR count). The van der Waals surface area contributed by atoms with Crippen LogP contribution < -0.4 is 5.32 Å². The highest BCUT2D eigenvalue weighted by Crippen LogP contribution is 2.33. The van der Waals surface area contributed by atoms with Crippen molar-refractivity contribution >= 4 is 11.6 Å². The van der Waals surface area contributed by atoms with Crippen LogP contribution >= 0.6 is 11.6 Å². The monoisotopic (exact) mass is 283 g/mol. The predicted molar refractivity (Wildman–Crippen MR) is 79.1 cm³/mol. The highest BCUT2D eigenvalue weighted by molar-refractivity contribution is 6.31. The van der Waals surface area contributed by atoms with Crippen LogP contribution in [0.4, 0.5) is 4.39 Å². The fourth-order valence-electron chi connectivity index (χ4n) is 3.24. The van der Waals surface area contributed by atoms with Crippen LogP contribution in [0.5, 0.6) is 0 Å². The number of hydrogen-bond acceptors (Lipinski definition) is 1. The first kappa shape index (κ1) is 14.8. The summed E-state index contributed by atoms with van der Waals surface area (Å²) in [5.41, 5.74) is 0.948. The maximum atomic E-state index is 13.3. The molecule has 1 aromatic rings. The zero-order valence-electron chi connectivity index (χ0n) is 11.8. The van der Waals surface area contributed by atoms with Crippen molar-refractivity contribution in [1.29, 1.82) is 0 Å². The van der Waals surface area contributed by atoms with Gasteiger partial charge in [0.2, 0.25) is 0 Å². The minimum atomic E-state index is -0.191. The van der Waals surface area contributed by atoms with Crippen LogP contribution in [0.1, 0.15) is 38.7 Å². The van der Waals surface area contributed by atoms with Crippen molar-refractivity contribution in [2.24, 2.45) is 11.8 Å². The Hall–Kier alpha value is -0.600. The predicted octanol–water partition coefficient (Wildman–Crippen LogP) is 4.44. The second kappa shape index (κ2) is 6.71. The third-order valence-electron chi connectivity index (χ3n) is 4.20. The third-order valence-corrected chi connectivity index (χ3v) is 4.57. The Kier molecular flexibility index (Phi) is 5.23. The first-order valence-corrected chi connectivity index (χ1v) is 7.65. The Morgan fingerprint density at radius 2 is 2.16 bits per heavy atom. The zero-order valence-corrected chi connectivity index (χ0v) is 12.5. The van der Waals surface area contributed by atoms with Gasteiger partial charge in [-0.25, -0.2) is 4.39 Å². The van der Waals surface area contributed by atoms with Gasteiger partial charge in [0.05, 0.1) is 0 Å². The van der Waals surface area contributed by atoms with Gasteiger partial charge in [-0.05, 0) is 67.8 Å². The number of hydrogen-bond donors (Lipinski definition) is 1. The molecule has 1 aliphatic carbocycles. The van der Waals surface area contributed by atoms with E-state index in [4.69, 9.17) is 11.6 Å². The van der Waals surface area contributed by atoms with Crippen molar-refractivity contribution in [2.45, 2.75) is 45.6 Å². The van der Waals surface area contributed by atoms with Gasteiger partial charge in [-0.2, -0.15) is 0 Å². The van der Waals surface area contributed by atoms with Crippen LogP contribution in [-0.2, 0) is 6.42 Å². The summed E-state index contributed by atoms with van der Waals surface area (Å²) in [6.07, 6.45) is 4.57. The fourth-order valence-corrected chi connectivity index (χ4v) is 3.43. The van der Waals surface area contributed by atoms with Crippen LogP contribution in [0.2, 0.25) is 5.02 Å². The lowest BCUT2D eigenvalue weighted by Gasteiger charge is -2.35. The van der Waals surface area contributed by atoms with Gasteiger partial charge in [0.15, 0.2) is 0 Å². The lowest BCUT2D eigenvalue weighted by molar-refractivity contribution is 0.214. The molecule has 0 heterocycles. The standard InChI is InChI=1S/C16H23ClFN/c1-3-19-16-7-4-11(2)8-13(16)9-12-10-14(18)5-6-15(12)17/h5-6,10-11,13,16,19H,3-4,7-9H2,1-2H3. The van der Waals surface area contributed by atoms with Gasteiger partial charge in [0, 0.05) is 11.1 Å². The first-order chi connectivity index (χ1) is 9.10. The van der Waals surface area contributed by atoms with E-state index >= 15 is 0 Å². The summed E-state index contributed by atoms with van der Waals surface area (Å²) in [6.45, 7) is 5.44. The molecule has 1 nitrogen and oxygen atoms in total. The molecule has 1 aliphatic rings. The average Bonchev–Trinajstić information content (AvgIpc) is 2.37. The van der Waals surface area contributed by atoms with Gasteiger partial charge in [-0.1, -0.05) is 25.4 Å². The van der Waals surface area contributed by atoms with E-state index < -0.39 is 0 Å². The van der Waals surface area contributed by atoms with Gasteiger partial charge in [-0.3, -0.25) is 0 Å². The van der Waals surface area contributed by atoms with E-state index in [1.54, 1.807) is 12.1 Å². The minimum Gasteiger partial charge on any atom is -0.314 e. The van der Waals surface area contributed by atoms with Crippen molar-refractivity contribution in [3.8, 4) is 0 Å². The molecule has 19 heavy (non-hydrogen) atoms. The van der Waals surface area contributed by atoms with E-state index in [1.807, 2.05) is 0 Å². The van der Waals surface area contributed by atoms with Crippen molar-refractivity contribution < 1.29 is 4.39 Å². The van der Waals surface area contributed by atoms with Crippen molar-refractivity contribution in [2.75, 3.05) is 6.54 Å². The molecule has 0 spiro atoms. The number of nitrogens with one attached hydrogen (secondary N) is 1. The summed E-state index contributed by atoms with van der Waals surface area (Å²) in [5, 5.41) is 4.26. The molecular formula is C16H23ClFN. The summed E-state index contributed by atoms with van der Waals surface area (Å²) in [5.74, 6) is 1.12. The molecule has 0 amide bonds. The summed E-state index contributed by atoms with van der Waals surface area (Å²) in [4.78, 5) is 0. The number of benzene rings is 1. The van der Waals surface area contributed by atoms with E-state index in [0.29, 0.717) is 17.0 Å². The molecule has 3 unspecified atom stereocenters. The molecule has 0 aromatic heterocycles. The van der Waals surface area contributed by atoms with Gasteiger partial charge in [-0.15, -0.1) is 0 Å². The SMILES string of the molecule is CCNC1CCC(C)CC1Cc1cc(F)ccc1Cl. The Morgan fingerprint density at radius 1 is 1.37 bits per heavy atom. The Balaban J connectivity index is 2.11. The summed E-state index contributed by atoms with van der Waals surface area (Å²) < 4.78 is 13.3. The molecule has 0 radical (unpaired) electrons. The topological polar surface area (TPSA) is 12.0 Å². The van der Waals surface area contributed by atoms with Crippen molar-refractivity contribution in [3.05, 3.63) is 34.6 Å². The lowest BCUT2D eigenvalue weighted by atomic mass is 9.76. The van der Waals surface area contributed by atoms with E-state index in [0.717, 1.165) is 24.4 Å². The van der Waals surface area contributed by atoms with E-state index in [2.05, 4.69) is 19.2 Å². The molecular weight excluding hydrogens is 261 g/mol. The molecule has 1 saturated carbocycles. The molecule has 1 aromatic carbocycles. The largest absolute Gasteiger partial charge is 0.314 e. The molecule has 1 fully saturated rings. The van der Waals surface area contributed by atoms with E-state index in [-0.39, 0.29) is 5.82 Å². The maximum Gasteiger partial charge on any atom is 0.123 e. The lowest BCUT2D eigenvalue weighted by Crippen LogP contribution is -2.41. The van der Waals surface area contributed by atoms with Gasteiger partial charge >= 0.3 is 0 Å². The zero-order chi connectivity index (χ0) is 13.8. The number of rotatable bonds is 4. The summed E-state index contributed by atoms with van der Waals surface area (Å²) in [6, 6.07) is 5.23. The fraction of sp³-hybridized carbons (Fsp3) is 0.625. The van der Waals surface area contributed by atoms with Crippen LogP contribution in [0.3, 0.4) is 0 Å². The van der Waals surface area contributed by atoms with Gasteiger partial charge in [0.1, 0.15) is 5.82 Å². The number of halogens is 2. The normalized spacial score (nSPS) is 27.5. The third kappa shape index (κ3) is 3.93. The Labute approximate surface area is 120 Å². The Bertz CT molecular complexity index is 421. The molecule has 3 heteroatoms. The Morgan fingerprint density at radius 3 is 2.89 bits per heavy atom. The van der Waals surface area contributed by atoms with Crippen LogP contribution in [0.15, 0.2) is 18.2 Å². The van der Waals surface area contributed by atoms with Crippen molar-refractivity contribution in [3.63, 3.8) is 0 Å². The molecule has 0 aliphatic heterocycles. The quantitative estimate of drug-likeness (QED) is 0.862. The molecule has 1 N–H and O–H groups in total. The average molecular weight is 284 g/mol. The molecule has 3 atom stereocenters. The molecule has 0 saturated heterocycles. The maximum absolute atomic E-state index is 13.3. The van der Waals surface area contributed by atoms with Crippen molar-refractivity contribution in [1.82, 2.24) is 5.32 Å². The highest BCUT2D eigenvalue weighted by Gasteiger charge is 2.28. The van der Waals surface area contributed by atoms with Crippen LogP contribution in [-0.4, -0.2) is 12.6 Å². The van der Waals surface area contributed by atoms with Crippen LogP contribution in [0, 0.1) is 17.7 Å². The second-order valence-electron chi connectivity index (χ2n) is 5.78. The first-order valence-electron chi connectivity index (χ1n) is 7.27. The summed E-state index contributed by atoms with van der Waals surface area (Å²) in [7, 11) is 0. The second-order valence-corrected chi connectivity index (χ2v) is 6.19. The minimum absolute atomic E-state index is 0.191. The van der Waals surface area contributed by atoms with Gasteiger partial charge < -0.3 is 5.32 Å². The molecule has 0 bridgehead atoms. The summed E-state index contributed by atoms with van der Waals surface area (Å²) >= 11 is 6.19. The smallest absolute Gasteiger partial charge is 0.123 e. The van der Waals surface area contributed by atoms with Crippen LogP contribution in [0.25, 0.3) is 0 Å². The molecule has 106 valence electrons. The van der Waals surface area contributed by atoms with E-state index in [1.165, 1.54) is 25.3 Å². The highest BCUT2D eigenvalue weighted by atomic mass is 35.5. The van der Waals surface area contributed by atoms with Gasteiger partial charge in [0.25, 0.3) is 0 Å². The van der Waals surface area contributed by atoms with E-state index in [9.17, 15) is 4.39 Å².